The van der Waals surface area contributed by atoms with Crippen molar-refractivity contribution >= 4 is 39.1 Å². The summed E-state index contributed by atoms with van der Waals surface area (Å²) in [5, 5.41) is 2.74. The number of aryl methyl sites for hydroxylation is 3. The van der Waals surface area contributed by atoms with Crippen molar-refractivity contribution in [2.24, 2.45) is 5.92 Å². The molecule has 7 heteroatoms. The fraction of sp³-hybridized carbons (Fsp3) is 0.455. The number of ether oxygens (including phenoxy) is 2. The quantitative estimate of drug-likeness (QED) is 0.481. The number of esters is 1. The van der Waals surface area contributed by atoms with Crippen molar-refractivity contribution in [2.45, 2.75) is 40.0 Å². The molecule has 158 valence electrons. The molecule has 0 aliphatic carbocycles. The van der Waals surface area contributed by atoms with Crippen molar-refractivity contribution in [2.75, 3.05) is 20.3 Å². The van der Waals surface area contributed by atoms with Gasteiger partial charge in [-0.15, -0.1) is 11.3 Å². The lowest BCUT2D eigenvalue weighted by molar-refractivity contribution is -0.140. The van der Waals surface area contributed by atoms with E-state index in [9.17, 15) is 9.59 Å². The molecule has 1 aromatic heterocycles. The summed E-state index contributed by atoms with van der Waals surface area (Å²) in [6, 6.07) is 7.93. The minimum atomic E-state index is -0.332. The number of hydrogen-bond donors (Lipinski definition) is 1. The van der Waals surface area contributed by atoms with E-state index < -0.39 is 0 Å². The fourth-order valence-corrected chi connectivity index (χ4v) is 3.97. The van der Waals surface area contributed by atoms with E-state index in [0.29, 0.717) is 17.4 Å². The van der Waals surface area contributed by atoms with Crippen molar-refractivity contribution in [3.05, 3.63) is 49.6 Å². The van der Waals surface area contributed by atoms with E-state index in [1.807, 2.05) is 24.3 Å². The van der Waals surface area contributed by atoms with E-state index >= 15 is 0 Å². The van der Waals surface area contributed by atoms with Crippen LogP contribution in [0.4, 0.5) is 0 Å². The van der Waals surface area contributed by atoms with Crippen LogP contribution < -0.4 is 10.1 Å². The number of methoxy groups -OCH3 is 1. The lowest BCUT2D eigenvalue weighted by Gasteiger charge is -2.14. The van der Waals surface area contributed by atoms with Crippen LogP contribution in [0.5, 0.6) is 5.75 Å². The largest absolute Gasteiger partial charge is 0.493 e. The topological polar surface area (TPSA) is 64.6 Å². The summed E-state index contributed by atoms with van der Waals surface area (Å²) in [6.07, 6.45) is 2.07. The number of amides is 1. The van der Waals surface area contributed by atoms with Gasteiger partial charge >= 0.3 is 5.97 Å². The summed E-state index contributed by atoms with van der Waals surface area (Å²) < 4.78 is 11.7. The molecule has 29 heavy (non-hydrogen) atoms. The standard InChI is InChI=1S/C22H28BrNO4S/c1-14(13-28-17-11-15(2)21(23)16(3)12-17)5-6-18-7-8-19(29-18)22(26)24-10-9-20(25)27-4/h7-8,11-12,14H,5-6,9-10,13H2,1-4H3,(H,24,26). The summed E-state index contributed by atoms with van der Waals surface area (Å²) in [6.45, 7) is 7.24. The van der Waals surface area contributed by atoms with Crippen LogP contribution in [-0.2, 0) is 16.0 Å². The van der Waals surface area contributed by atoms with Gasteiger partial charge in [0, 0.05) is 15.9 Å². The summed E-state index contributed by atoms with van der Waals surface area (Å²) in [7, 11) is 1.34. The van der Waals surface area contributed by atoms with Gasteiger partial charge in [0.15, 0.2) is 0 Å². The third kappa shape index (κ3) is 7.48. The molecule has 0 saturated heterocycles. The van der Waals surface area contributed by atoms with Gasteiger partial charge < -0.3 is 14.8 Å². The zero-order valence-corrected chi connectivity index (χ0v) is 19.7. The highest BCUT2D eigenvalue weighted by Gasteiger charge is 2.12. The predicted molar refractivity (Wildman–Crippen MR) is 120 cm³/mol. The smallest absolute Gasteiger partial charge is 0.307 e. The molecule has 0 radical (unpaired) electrons. The number of nitrogens with one attached hydrogen (secondary N) is 1. The van der Waals surface area contributed by atoms with Crippen LogP contribution in [0, 0.1) is 19.8 Å². The molecule has 1 aromatic carbocycles. The molecule has 0 aliphatic rings. The lowest BCUT2D eigenvalue weighted by Crippen LogP contribution is -2.25. The van der Waals surface area contributed by atoms with Crippen molar-refractivity contribution in [1.29, 1.82) is 0 Å². The van der Waals surface area contributed by atoms with Crippen molar-refractivity contribution < 1.29 is 19.1 Å². The van der Waals surface area contributed by atoms with Gasteiger partial charge in [-0.25, -0.2) is 0 Å². The predicted octanol–water partition coefficient (Wildman–Crippen LogP) is 5.07. The van der Waals surface area contributed by atoms with Gasteiger partial charge in [-0.3, -0.25) is 9.59 Å². The monoisotopic (exact) mass is 481 g/mol. The van der Waals surface area contributed by atoms with E-state index in [0.717, 1.165) is 23.1 Å². The molecule has 1 heterocycles. The maximum absolute atomic E-state index is 12.1. The number of rotatable bonds is 10. The van der Waals surface area contributed by atoms with Gasteiger partial charge in [-0.2, -0.15) is 0 Å². The average molecular weight is 482 g/mol. The molecule has 0 spiro atoms. The highest BCUT2D eigenvalue weighted by Crippen LogP contribution is 2.27. The number of carbonyl (C=O) groups is 2. The van der Waals surface area contributed by atoms with Gasteiger partial charge in [-0.1, -0.05) is 22.9 Å². The van der Waals surface area contributed by atoms with Gasteiger partial charge in [0.25, 0.3) is 5.91 Å². The summed E-state index contributed by atoms with van der Waals surface area (Å²) >= 11 is 5.07. The highest BCUT2D eigenvalue weighted by atomic mass is 79.9. The fourth-order valence-electron chi connectivity index (χ4n) is 2.80. The van der Waals surface area contributed by atoms with Gasteiger partial charge in [-0.05, 0) is 68.0 Å². The Morgan fingerprint density at radius 2 is 1.90 bits per heavy atom. The Labute approximate surface area is 184 Å². The minimum absolute atomic E-state index is 0.150. The molecule has 0 saturated carbocycles. The highest BCUT2D eigenvalue weighted by molar-refractivity contribution is 9.10. The molecule has 0 fully saturated rings. The van der Waals surface area contributed by atoms with Crippen LogP contribution in [-0.4, -0.2) is 32.1 Å². The van der Waals surface area contributed by atoms with E-state index in [2.05, 4.69) is 46.8 Å². The third-order valence-electron chi connectivity index (χ3n) is 4.56. The molecule has 0 aliphatic heterocycles. The Morgan fingerprint density at radius 1 is 1.21 bits per heavy atom. The van der Waals surface area contributed by atoms with E-state index in [1.54, 1.807) is 0 Å². The van der Waals surface area contributed by atoms with Crippen LogP contribution >= 0.6 is 27.3 Å². The van der Waals surface area contributed by atoms with E-state index in [-0.39, 0.29) is 24.8 Å². The lowest BCUT2D eigenvalue weighted by atomic mass is 10.1. The molecule has 0 bridgehead atoms. The van der Waals surface area contributed by atoms with Crippen LogP contribution in [0.25, 0.3) is 0 Å². The second-order valence-corrected chi connectivity index (χ2v) is 9.14. The number of thiophene rings is 1. The molecule has 1 N–H and O–H groups in total. The zero-order valence-electron chi connectivity index (χ0n) is 17.3. The first-order chi connectivity index (χ1) is 13.8. The molecule has 2 rings (SSSR count). The molecule has 5 nitrogen and oxygen atoms in total. The SMILES string of the molecule is COC(=O)CCNC(=O)c1ccc(CCC(C)COc2cc(C)c(Br)c(C)c2)s1. The van der Waals surface area contributed by atoms with Crippen LogP contribution in [0.15, 0.2) is 28.7 Å². The zero-order chi connectivity index (χ0) is 21.4. The summed E-state index contributed by atoms with van der Waals surface area (Å²) in [5.74, 6) is 0.820. The van der Waals surface area contributed by atoms with Crippen LogP contribution in [0.2, 0.25) is 0 Å². The Hall–Kier alpha value is -1.86. The maximum atomic E-state index is 12.1. The first kappa shape index (κ1) is 23.4. The molecule has 1 unspecified atom stereocenters. The Kier molecular flexibility index (Phi) is 9.17. The summed E-state index contributed by atoms with van der Waals surface area (Å²) in [5.41, 5.74) is 2.34. The molecule has 1 amide bonds. The Bertz CT molecular complexity index is 826. The number of carbonyl (C=O) groups excluding carboxylic acids is 2. The number of benzene rings is 1. The first-order valence-corrected chi connectivity index (χ1v) is 11.2. The van der Waals surface area contributed by atoms with Gasteiger partial charge in [0.05, 0.1) is 25.0 Å². The number of halogens is 1. The normalized spacial score (nSPS) is 11.8. The van der Waals surface area contributed by atoms with Crippen LogP contribution in [0.3, 0.4) is 0 Å². The van der Waals surface area contributed by atoms with Crippen molar-refractivity contribution in [1.82, 2.24) is 5.32 Å². The van der Waals surface area contributed by atoms with Crippen LogP contribution in [0.1, 0.15) is 45.4 Å². The molecule has 2 aromatic rings. The van der Waals surface area contributed by atoms with E-state index in [1.165, 1.54) is 34.5 Å². The molecular formula is C22H28BrNO4S. The van der Waals surface area contributed by atoms with Crippen molar-refractivity contribution in [3.8, 4) is 5.75 Å². The maximum Gasteiger partial charge on any atom is 0.307 e. The van der Waals surface area contributed by atoms with Gasteiger partial charge in [0.1, 0.15) is 5.75 Å². The second-order valence-electron chi connectivity index (χ2n) is 7.17. The Balaban J connectivity index is 1.75. The summed E-state index contributed by atoms with van der Waals surface area (Å²) in [4.78, 5) is 25.1. The second kappa shape index (κ2) is 11.4. The van der Waals surface area contributed by atoms with Gasteiger partial charge in [0.2, 0.25) is 0 Å². The average Bonchev–Trinajstić information content (AvgIpc) is 3.17. The van der Waals surface area contributed by atoms with E-state index in [4.69, 9.17) is 4.74 Å². The Morgan fingerprint density at radius 3 is 2.55 bits per heavy atom. The first-order valence-electron chi connectivity index (χ1n) is 9.63. The number of hydrogen-bond acceptors (Lipinski definition) is 5. The molecule has 1 atom stereocenters. The molecular weight excluding hydrogens is 454 g/mol. The van der Waals surface area contributed by atoms with Crippen molar-refractivity contribution in [3.63, 3.8) is 0 Å². The minimum Gasteiger partial charge on any atom is -0.493 e. The third-order valence-corrected chi connectivity index (χ3v) is 6.95.